The van der Waals surface area contributed by atoms with E-state index in [4.69, 9.17) is 17.0 Å². The van der Waals surface area contributed by atoms with E-state index in [0.717, 1.165) is 11.4 Å². The second-order valence-corrected chi connectivity index (χ2v) is 5.79. The molecule has 4 heteroatoms. The summed E-state index contributed by atoms with van der Waals surface area (Å²) in [6.45, 7) is 6.33. The minimum absolute atomic E-state index is 0.135. The number of hydrogen-bond donors (Lipinski definition) is 2. The molecule has 0 spiro atoms. The van der Waals surface area contributed by atoms with Gasteiger partial charge in [0.2, 0.25) is 0 Å². The van der Waals surface area contributed by atoms with Crippen molar-refractivity contribution < 1.29 is 4.74 Å². The molecule has 2 aromatic rings. The van der Waals surface area contributed by atoms with Gasteiger partial charge in [0.1, 0.15) is 5.75 Å². The highest BCUT2D eigenvalue weighted by atomic mass is 32.1. The second-order valence-electron chi connectivity index (χ2n) is 5.38. The summed E-state index contributed by atoms with van der Waals surface area (Å²) in [6, 6.07) is 14.3. The molecule has 116 valence electrons. The van der Waals surface area contributed by atoms with Crippen molar-refractivity contribution in [1.82, 2.24) is 5.32 Å². The van der Waals surface area contributed by atoms with Gasteiger partial charge in [0, 0.05) is 0 Å². The zero-order valence-corrected chi connectivity index (χ0v) is 14.3. The number of hydrogen-bond acceptors (Lipinski definition) is 2. The fraction of sp³-hybridized carbons (Fsp3) is 0.278. The largest absolute Gasteiger partial charge is 0.495 e. The number of aryl methyl sites for hydroxylation is 2. The molecule has 0 aliphatic rings. The first-order valence-corrected chi connectivity index (χ1v) is 7.69. The minimum atomic E-state index is 0.135. The molecule has 0 fully saturated rings. The number of anilines is 1. The van der Waals surface area contributed by atoms with Crippen molar-refractivity contribution in [2.75, 3.05) is 12.4 Å². The highest BCUT2D eigenvalue weighted by molar-refractivity contribution is 7.80. The Labute approximate surface area is 137 Å². The summed E-state index contributed by atoms with van der Waals surface area (Å²) in [5.74, 6) is 0.769. The van der Waals surface area contributed by atoms with E-state index in [1.165, 1.54) is 16.7 Å². The van der Waals surface area contributed by atoms with Crippen LogP contribution in [0.5, 0.6) is 5.75 Å². The number of thiocarbonyl (C=S) groups is 1. The average Bonchev–Trinajstić information content (AvgIpc) is 2.47. The normalized spacial score (nSPS) is 11.6. The van der Waals surface area contributed by atoms with Crippen molar-refractivity contribution in [3.8, 4) is 5.75 Å². The molecule has 22 heavy (non-hydrogen) atoms. The standard InChI is InChI=1S/C18H22N2OS/c1-12-9-10-15(13(2)11-12)14(3)19-18(22)20-16-7-5-6-8-17(16)21-4/h5-11,14H,1-4H3,(H2,19,20,22). The summed E-state index contributed by atoms with van der Waals surface area (Å²) >= 11 is 5.41. The molecular weight excluding hydrogens is 292 g/mol. The zero-order valence-electron chi connectivity index (χ0n) is 13.4. The monoisotopic (exact) mass is 314 g/mol. The Kier molecular flexibility index (Phi) is 5.39. The van der Waals surface area contributed by atoms with Crippen LogP contribution in [0.3, 0.4) is 0 Å². The summed E-state index contributed by atoms with van der Waals surface area (Å²) in [4.78, 5) is 0. The van der Waals surface area contributed by atoms with Gasteiger partial charge in [-0.2, -0.15) is 0 Å². The molecule has 0 bridgehead atoms. The van der Waals surface area contributed by atoms with E-state index in [1.807, 2.05) is 24.3 Å². The van der Waals surface area contributed by atoms with Crippen LogP contribution in [0, 0.1) is 13.8 Å². The third-order valence-electron chi connectivity index (χ3n) is 3.59. The first-order valence-electron chi connectivity index (χ1n) is 7.29. The van der Waals surface area contributed by atoms with Gasteiger partial charge in [0.15, 0.2) is 5.11 Å². The summed E-state index contributed by atoms with van der Waals surface area (Å²) in [5, 5.41) is 7.09. The number of nitrogens with one attached hydrogen (secondary N) is 2. The van der Waals surface area contributed by atoms with Gasteiger partial charge in [0.05, 0.1) is 18.8 Å². The third kappa shape index (κ3) is 3.98. The summed E-state index contributed by atoms with van der Waals surface area (Å²) in [5.41, 5.74) is 4.63. The van der Waals surface area contributed by atoms with Crippen LogP contribution in [0.2, 0.25) is 0 Å². The van der Waals surface area contributed by atoms with Crippen LogP contribution >= 0.6 is 12.2 Å². The first-order chi connectivity index (χ1) is 10.5. The Hall–Kier alpha value is -2.07. The van der Waals surface area contributed by atoms with Gasteiger partial charge < -0.3 is 15.4 Å². The van der Waals surface area contributed by atoms with Crippen LogP contribution < -0.4 is 15.4 Å². The van der Waals surface area contributed by atoms with Gasteiger partial charge in [0.25, 0.3) is 0 Å². The molecule has 2 rings (SSSR count). The Bertz CT molecular complexity index is 670. The Morgan fingerprint density at radius 1 is 1.14 bits per heavy atom. The van der Waals surface area contributed by atoms with E-state index in [2.05, 4.69) is 49.6 Å². The van der Waals surface area contributed by atoms with Crippen molar-refractivity contribution in [2.24, 2.45) is 0 Å². The fourth-order valence-electron chi connectivity index (χ4n) is 2.49. The molecule has 2 aromatic carbocycles. The van der Waals surface area contributed by atoms with E-state index in [1.54, 1.807) is 7.11 Å². The van der Waals surface area contributed by atoms with Crippen molar-refractivity contribution in [3.05, 3.63) is 59.2 Å². The number of ether oxygens (including phenoxy) is 1. The van der Waals surface area contributed by atoms with Gasteiger partial charge in [-0.15, -0.1) is 0 Å². The summed E-state index contributed by atoms with van der Waals surface area (Å²) in [6.07, 6.45) is 0. The Morgan fingerprint density at radius 3 is 2.55 bits per heavy atom. The molecule has 1 atom stereocenters. The fourth-order valence-corrected chi connectivity index (χ4v) is 2.78. The van der Waals surface area contributed by atoms with Crippen molar-refractivity contribution in [3.63, 3.8) is 0 Å². The number of para-hydroxylation sites is 2. The van der Waals surface area contributed by atoms with E-state index in [0.29, 0.717) is 5.11 Å². The lowest BCUT2D eigenvalue weighted by Crippen LogP contribution is -2.31. The third-order valence-corrected chi connectivity index (χ3v) is 3.81. The lowest BCUT2D eigenvalue weighted by atomic mass is 10.0. The maximum Gasteiger partial charge on any atom is 0.171 e. The van der Waals surface area contributed by atoms with Gasteiger partial charge >= 0.3 is 0 Å². The van der Waals surface area contributed by atoms with Crippen LogP contribution in [0.1, 0.15) is 29.7 Å². The average molecular weight is 314 g/mol. The maximum absolute atomic E-state index is 5.41. The van der Waals surface area contributed by atoms with Crippen molar-refractivity contribution in [1.29, 1.82) is 0 Å². The molecule has 3 nitrogen and oxygen atoms in total. The zero-order chi connectivity index (χ0) is 16.1. The molecule has 1 unspecified atom stereocenters. The van der Waals surface area contributed by atoms with Gasteiger partial charge in [-0.05, 0) is 56.2 Å². The number of benzene rings is 2. The van der Waals surface area contributed by atoms with E-state index < -0.39 is 0 Å². The van der Waals surface area contributed by atoms with Crippen LogP contribution in [-0.4, -0.2) is 12.2 Å². The van der Waals surface area contributed by atoms with Crippen LogP contribution in [0.4, 0.5) is 5.69 Å². The molecule has 0 aliphatic carbocycles. The summed E-state index contributed by atoms with van der Waals surface area (Å²) in [7, 11) is 1.65. The van der Waals surface area contributed by atoms with Gasteiger partial charge in [-0.3, -0.25) is 0 Å². The molecule has 0 amide bonds. The van der Waals surface area contributed by atoms with E-state index >= 15 is 0 Å². The lowest BCUT2D eigenvalue weighted by Gasteiger charge is -2.20. The first kappa shape index (κ1) is 16.3. The van der Waals surface area contributed by atoms with Gasteiger partial charge in [-0.25, -0.2) is 0 Å². The molecule has 0 saturated carbocycles. The van der Waals surface area contributed by atoms with Crippen molar-refractivity contribution in [2.45, 2.75) is 26.8 Å². The van der Waals surface area contributed by atoms with Crippen molar-refractivity contribution >= 4 is 23.0 Å². The summed E-state index contributed by atoms with van der Waals surface area (Å²) < 4.78 is 5.32. The van der Waals surface area contributed by atoms with Gasteiger partial charge in [-0.1, -0.05) is 35.9 Å². The lowest BCUT2D eigenvalue weighted by molar-refractivity contribution is 0.417. The molecule has 0 radical (unpaired) electrons. The minimum Gasteiger partial charge on any atom is -0.495 e. The molecule has 0 heterocycles. The van der Waals surface area contributed by atoms with Crippen LogP contribution in [0.25, 0.3) is 0 Å². The van der Waals surface area contributed by atoms with E-state index in [-0.39, 0.29) is 6.04 Å². The highest BCUT2D eigenvalue weighted by Crippen LogP contribution is 2.23. The molecule has 2 N–H and O–H groups in total. The predicted octanol–water partition coefficient (Wildman–Crippen LogP) is 4.36. The molecule has 0 aliphatic heterocycles. The Balaban J connectivity index is 2.05. The molecular formula is C18H22N2OS. The predicted molar refractivity (Wildman–Crippen MR) is 96.7 cm³/mol. The Morgan fingerprint density at radius 2 is 1.86 bits per heavy atom. The smallest absolute Gasteiger partial charge is 0.171 e. The van der Waals surface area contributed by atoms with Crippen LogP contribution in [0.15, 0.2) is 42.5 Å². The van der Waals surface area contributed by atoms with Crippen LogP contribution in [-0.2, 0) is 0 Å². The SMILES string of the molecule is COc1ccccc1NC(=S)NC(C)c1ccc(C)cc1C. The molecule has 0 saturated heterocycles. The number of rotatable bonds is 4. The molecule has 0 aromatic heterocycles. The van der Waals surface area contributed by atoms with E-state index in [9.17, 15) is 0 Å². The maximum atomic E-state index is 5.41. The topological polar surface area (TPSA) is 33.3 Å². The quantitative estimate of drug-likeness (QED) is 0.822. The second kappa shape index (κ2) is 7.27. The highest BCUT2D eigenvalue weighted by Gasteiger charge is 2.11. The number of methoxy groups -OCH3 is 1.